The summed E-state index contributed by atoms with van der Waals surface area (Å²) in [6.07, 6.45) is -6.14. The quantitative estimate of drug-likeness (QED) is 0.565. The van der Waals surface area contributed by atoms with Gasteiger partial charge in [-0.05, 0) is 24.1 Å². The van der Waals surface area contributed by atoms with Gasteiger partial charge in [-0.25, -0.2) is 0 Å². The van der Waals surface area contributed by atoms with Gasteiger partial charge in [0.05, 0.1) is 5.56 Å². The average molecular weight is 380 g/mol. The van der Waals surface area contributed by atoms with Gasteiger partial charge in [-0.1, -0.05) is 42.5 Å². The zero-order valence-corrected chi connectivity index (χ0v) is 13.9. The monoisotopic (exact) mass is 380 g/mol. The van der Waals surface area contributed by atoms with Crippen molar-refractivity contribution >= 4 is 17.7 Å². The van der Waals surface area contributed by atoms with E-state index in [0.717, 1.165) is 18.2 Å². The van der Waals surface area contributed by atoms with Gasteiger partial charge >= 0.3 is 18.1 Å². The molecule has 2 N–H and O–H groups in total. The first kappa shape index (κ1) is 20.2. The van der Waals surface area contributed by atoms with Crippen molar-refractivity contribution in [3.63, 3.8) is 0 Å². The molecule has 27 heavy (non-hydrogen) atoms. The molecule has 0 spiro atoms. The van der Waals surface area contributed by atoms with Gasteiger partial charge in [-0.2, -0.15) is 13.2 Å². The largest absolute Gasteiger partial charge is 0.480 e. The minimum absolute atomic E-state index is 0.374. The third-order valence-corrected chi connectivity index (χ3v) is 4.14. The molecule has 0 saturated heterocycles. The highest BCUT2D eigenvalue weighted by atomic mass is 19.4. The summed E-state index contributed by atoms with van der Waals surface area (Å²) in [5, 5.41) is 19.0. The van der Waals surface area contributed by atoms with Crippen molar-refractivity contribution in [3.05, 3.63) is 71.3 Å². The Balaban J connectivity index is 2.39. The van der Waals surface area contributed by atoms with Crippen LogP contribution in [0.5, 0.6) is 0 Å². The zero-order chi connectivity index (χ0) is 20.2. The number of alkyl halides is 3. The molecular weight excluding hydrogens is 365 g/mol. The molecule has 0 aliphatic rings. The molecule has 0 fully saturated rings. The third kappa shape index (κ3) is 4.52. The summed E-state index contributed by atoms with van der Waals surface area (Å²) in [4.78, 5) is 35.9. The number of carbonyl (C=O) groups is 3. The molecule has 8 heteroatoms. The van der Waals surface area contributed by atoms with Gasteiger partial charge in [-0.3, -0.25) is 14.4 Å². The molecular formula is C19H15F3O5. The van der Waals surface area contributed by atoms with Crippen molar-refractivity contribution in [2.24, 2.45) is 5.41 Å². The number of benzene rings is 2. The molecule has 0 aliphatic heterocycles. The fourth-order valence-corrected chi connectivity index (χ4v) is 2.65. The highest BCUT2D eigenvalue weighted by Crippen LogP contribution is 2.33. The summed E-state index contributed by atoms with van der Waals surface area (Å²) in [6.45, 7) is 0. The molecule has 0 atom stereocenters. The van der Waals surface area contributed by atoms with E-state index in [1.54, 1.807) is 18.2 Å². The number of Topliss-reactive ketones (excluding diaryl/α,β-unsaturated/α-hetero) is 1. The van der Waals surface area contributed by atoms with E-state index in [1.807, 2.05) is 0 Å². The second-order valence-corrected chi connectivity index (χ2v) is 6.03. The Labute approximate surface area is 152 Å². The molecule has 0 aliphatic carbocycles. The first-order valence-corrected chi connectivity index (χ1v) is 7.77. The summed E-state index contributed by atoms with van der Waals surface area (Å²) in [6, 6.07) is 11.3. The summed E-state index contributed by atoms with van der Waals surface area (Å²) < 4.78 is 38.4. The second kappa shape index (κ2) is 7.61. The number of aliphatic carboxylic acids is 2. The van der Waals surface area contributed by atoms with E-state index in [2.05, 4.69) is 0 Å². The summed E-state index contributed by atoms with van der Waals surface area (Å²) in [5.74, 6) is -4.47. The normalized spacial score (nSPS) is 11.8. The molecule has 0 radical (unpaired) electrons. The second-order valence-electron chi connectivity index (χ2n) is 6.03. The SMILES string of the molecule is O=C(CC(Cc1ccccc1)(C(=O)O)C(=O)O)c1cccc(C(F)(F)F)c1. The highest BCUT2D eigenvalue weighted by molar-refractivity contribution is 6.06. The van der Waals surface area contributed by atoms with E-state index in [1.165, 1.54) is 12.1 Å². The number of carbonyl (C=O) groups excluding carboxylic acids is 1. The van der Waals surface area contributed by atoms with Gasteiger partial charge in [0.25, 0.3) is 0 Å². The van der Waals surface area contributed by atoms with E-state index in [-0.39, 0.29) is 0 Å². The average Bonchev–Trinajstić information content (AvgIpc) is 2.61. The lowest BCUT2D eigenvalue weighted by Crippen LogP contribution is -2.43. The van der Waals surface area contributed by atoms with Crippen molar-refractivity contribution in [3.8, 4) is 0 Å². The van der Waals surface area contributed by atoms with Crippen LogP contribution in [0.4, 0.5) is 13.2 Å². The Morgan fingerprint density at radius 2 is 1.44 bits per heavy atom. The van der Waals surface area contributed by atoms with E-state index in [0.29, 0.717) is 11.6 Å². The van der Waals surface area contributed by atoms with Gasteiger partial charge in [0.2, 0.25) is 0 Å². The minimum atomic E-state index is -4.68. The summed E-state index contributed by atoms with van der Waals surface area (Å²) >= 11 is 0. The molecule has 2 aromatic rings. The van der Waals surface area contributed by atoms with Gasteiger partial charge in [0, 0.05) is 12.0 Å². The molecule has 142 valence electrons. The molecule has 0 bridgehead atoms. The predicted octanol–water partition coefficient (Wildman–Crippen LogP) is 3.68. The number of rotatable bonds is 7. The molecule has 2 aromatic carbocycles. The van der Waals surface area contributed by atoms with Crippen LogP contribution < -0.4 is 0 Å². The lowest BCUT2D eigenvalue weighted by molar-refractivity contribution is -0.164. The van der Waals surface area contributed by atoms with Gasteiger partial charge in [-0.15, -0.1) is 0 Å². The Bertz CT molecular complexity index is 845. The maximum atomic E-state index is 12.8. The number of carboxylic acids is 2. The van der Waals surface area contributed by atoms with E-state index in [4.69, 9.17) is 0 Å². The van der Waals surface area contributed by atoms with E-state index in [9.17, 15) is 37.8 Å². The third-order valence-electron chi connectivity index (χ3n) is 4.14. The lowest BCUT2D eigenvalue weighted by Gasteiger charge is -2.24. The Morgan fingerprint density at radius 1 is 0.852 bits per heavy atom. The standard InChI is InChI=1S/C19H15F3O5/c20-19(21,22)14-8-4-7-13(9-14)15(23)11-18(16(24)25,17(26)27)10-12-5-2-1-3-6-12/h1-9H,10-11H2,(H,24,25)(H,26,27). The van der Waals surface area contributed by atoms with Crippen LogP contribution in [0.25, 0.3) is 0 Å². The van der Waals surface area contributed by atoms with Crippen LogP contribution in [0.15, 0.2) is 54.6 Å². The number of halogens is 3. The van der Waals surface area contributed by atoms with Crippen LogP contribution in [0.1, 0.15) is 27.9 Å². The predicted molar refractivity (Wildman–Crippen MR) is 88.2 cm³/mol. The van der Waals surface area contributed by atoms with Crippen LogP contribution >= 0.6 is 0 Å². The molecule has 2 rings (SSSR count). The maximum Gasteiger partial charge on any atom is 0.416 e. The van der Waals surface area contributed by atoms with Crippen LogP contribution in [-0.2, 0) is 22.2 Å². The minimum Gasteiger partial charge on any atom is -0.480 e. The summed E-state index contributed by atoms with van der Waals surface area (Å²) in [7, 11) is 0. The lowest BCUT2D eigenvalue weighted by atomic mass is 9.76. The Hall–Kier alpha value is -3.16. The number of hydrogen-bond acceptors (Lipinski definition) is 3. The van der Waals surface area contributed by atoms with Gasteiger partial charge in [0.1, 0.15) is 0 Å². The number of carboxylic acid groups (broad SMARTS) is 2. The molecule has 0 amide bonds. The zero-order valence-electron chi connectivity index (χ0n) is 13.9. The Kier molecular flexibility index (Phi) is 5.68. The molecule has 0 aromatic heterocycles. The maximum absolute atomic E-state index is 12.8. The van der Waals surface area contributed by atoms with E-state index >= 15 is 0 Å². The molecule has 0 unspecified atom stereocenters. The van der Waals surface area contributed by atoms with Gasteiger partial charge in [0.15, 0.2) is 11.2 Å². The highest BCUT2D eigenvalue weighted by Gasteiger charge is 2.48. The molecule has 0 saturated carbocycles. The first-order valence-electron chi connectivity index (χ1n) is 7.77. The van der Waals surface area contributed by atoms with Crippen molar-refractivity contribution in [1.82, 2.24) is 0 Å². The van der Waals surface area contributed by atoms with E-state index < -0.39 is 53.3 Å². The fourth-order valence-electron chi connectivity index (χ4n) is 2.65. The van der Waals surface area contributed by atoms with Gasteiger partial charge < -0.3 is 10.2 Å². The van der Waals surface area contributed by atoms with Crippen LogP contribution in [0.3, 0.4) is 0 Å². The fraction of sp³-hybridized carbons (Fsp3) is 0.211. The van der Waals surface area contributed by atoms with Crippen molar-refractivity contribution in [1.29, 1.82) is 0 Å². The summed E-state index contributed by atoms with van der Waals surface area (Å²) in [5.41, 5.74) is -3.59. The van der Waals surface area contributed by atoms with Crippen LogP contribution in [0, 0.1) is 5.41 Å². The van der Waals surface area contributed by atoms with Crippen molar-refractivity contribution in [2.45, 2.75) is 19.0 Å². The molecule has 0 heterocycles. The Morgan fingerprint density at radius 3 is 1.96 bits per heavy atom. The van der Waals surface area contributed by atoms with Crippen LogP contribution in [0.2, 0.25) is 0 Å². The van der Waals surface area contributed by atoms with Crippen molar-refractivity contribution < 1.29 is 37.8 Å². The number of hydrogen-bond donors (Lipinski definition) is 2. The molecule has 5 nitrogen and oxygen atoms in total. The van der Waals surface area contributed by atoms with Crippen LogP contribution in [-0.4, -0.2) is 27.9 Å². The van der Waals surface area contributed by atoms with Crippen molar-refractivity contribution in [2.75, 3.05) is 0 Å². The number of ketones is 1. The topological polar surface area (TPSA) is 91.7 Å². The first-order chi connectivity index (χ1) is 12.6. The smallest absolute Gasteiger partial charge is 0.416 e.